The predicted octanol–water partition coefficient (Wildman–Crippen LogP) is 1.57. The lowest BCUT2D eigenvalue weighted by atomic mass is 9.83. The van der Waals surface area contributed by atoms with Crippen molar-refractivity contribution in [2.24, 2.45) is 11.8 Å². The van der Waals surface area contributed by atoms with Crippen LogP contribution in [0.2, 0.25) is 0 Å². The van der Waals surface area contributed by atoms with Crippen LogP contribution < -0.4 is 5.32 Å². The molecule has 2 aliphatic rings. The van der Waals surface area contributed by atoms with Gasteiger partial charge in [0, 0.05) is 18.5 Å². The summed E-state index contributed by atoms with van der Waals surface area (Å²) in [5.41, 5.74) is -0.893. The van der Waals surface area contributed by atoms with Crippen molar-refractivity contribution in [1.29, 1.82) is 0 Å². The van der Waals surface area contributed by atoms with Gasteiger partial charge in [0.1, 0.15) is 6.10 Å². The largest absolute Gasteiger partial charge is 0.469 e. The number of esters is 2. The molecule has 2 N–H and O–H groups in total. The van der Waals surface area contributed by atoms with Gasteiger partial charge in [0.25, 0.3) is 0 Å². The highest BCUT2D eigenvalue weighted by Crippen LogP contribution is 2.49. The molecule has 1 heterocycles. The number of rotatable bonds is 7. The molecule has 1 aromatic carbocycles. The number of carbonyl (C=O) groups excluding carboxylic acids is 2. The Bertz CT molecular complexity index is 768. The van der Waals surface area contributed by atoms with E-state index in [0.717, 1.165) is 5.56 Å². The standard InChI is InChI=1S/C22H31NO7/c1-13(14-9-7-6-8-10-14)23-12-22(26,20(25)28-5)16-11-15(19(24)27-4)17-18(16)30-21(2,3)29-17/h6-10,13,15-18,23,26H,11-12H2,1-5H3/t13-,15-,16+,17+,18-,22-/m1/s1. The van der Waals surface area contributed by atoms with Gasteiger partial charge in [-0.3, -0.25) is 4.79 Å². The van der Waals surface area contributed by atoms with Crippen LogP contribution in [0.1, 0.15) is 38.8 Å². The van der Waals surface area contributed by atoms with Crippen LogP contribution in [0.25, 0.3) is 0 Å². The molecule has 1 saturated carbocycles. The summed E-state index contributed by atoms with van der Waals surface area (Å²) in [7, 11) is 2.54. The van der Waals surface area contributed by atoms with Gasteiger partial charge in [-0.05, 0) is 32.8 Å². The lowest BCUT2D eigenvalue weighted by Gasteiger charge is -2.35. The first-order valence-corrected chi connectivity index (χ1v) is 10.2. The lowest BCUT2D eigenvalue weighted by molar-refractivity contribution is -0.190. The van der Waals surface area contributed by atoms with Gasteiger partial charge in [0.2, 0.25) is 0 Å². The average molecular weight is 421 g/mol. The number of fused-ring (bicyclic) bond motifs is 1. The van der Waals surface area contributed by atoms with Gasteiger partial charge < -0.3 is 29.4 Å². The highest BCUT2D eigenvalue weighted by molar-refractivity contribution is 5.81. The van der Waals surface area contributed by atoms with Crippen LogP contribution in [0.15, 0.2) is 30.3 Å². The van der Waals surface area contributed by atoms with E-state index in [-0.39, 0.29) is 19.0 Å². The fraction of sp³-hybridized carbons (Fsp3) is 0.636. The third kappa shape index (κ3) is 4.23. The summed E-state index contributed by atoms with van der Waals surface area (Å²) in [5.74, 6) is -3.53. The molecule has 166 valence electrons. The first-order chi connectivity index (χ1) is 14.1. The Labute approximate surface area is 176 Å². The first kappa shape index (κ1) is 22.7. The Morgan fingerprint density at radius 2 is 1.83 bits per heavy atom. The van der Waals surface area contributed by atoms with Crippen LogP contribution in [0, 0.1) is 11.8 Å². The number of hydrogen-bond acceptors (Lipinski definition) is 8. The van der Waals surface area contributed by atoms with Gasteiger partial charge in [-0.25, -0.2) is 4.79 Å². The van der Waals surface area contributed by atoms with Gasteiger partial charge in [-0.15, -0.1) is 0 Å². The van der Waals surface area contributed by atoms with Gasteiger partial charge >= 0.3 is 11.9 Å². The van der Waals surface area contributed by atoms with Crippen molar-refractivity contribution in [3.05, 3.63) is 35.9 Å². The van der Waals surface area contributed by atoms with Crippen LogP contribution in [-0.2, 0) is 28.5 Å². The Morgan fingerprint density at radius 1 is 1.20 bits per heavy atom. The summed E-state index contributed by atoms with van der Waals surface area (Å²) in [4.78, 5) is 25.1. The molecule has 1 aliphatic carbocycles. The van der Waals surface area contributed by atoms with Gasteiger partial charge in [-0.2, -0.15) is 0 Å². The van der Waals surface area contributed by atoms with Crippen molar-refractivity contribution < 1.29 is 33.6 Å². The molecule has 0 bridgehead atoms. The number of benzene rings is 1. The summed E-state index contributed by atoms with van der Waals surface area (Å²) in [6.07, 6.45) is -1.08. The van der Waals surface area contributed by atoms with Crippen molar-refractivity contribution >= 4 is 11.9 Å². The highest BCUT2D eigenvalue weighted by Gasteiger charge is 2.63. The van der Waals surface area contributed by atoms with Crippen molar-refractivity contribution in [3.63, 3.8) is 0 Å². The maximum atomic E-state index is 12.7. The number of hydrogen-bond donors (Lipinski definition) is 2. The summed E-state index contributed by atoms with van der Waals surface area (Å²) in [6.45, 7) is 5.36. The molecule has 3 rings (SSSR count). The van der Waals surface area contributed by atoms with Crippen LogP contribution in [0.4, 0.5) is 0 Å². The minimum absolute atomic E-state index is 0.0682. The molecule has 0 unspecified atom stereocenters. The Balaban J connectivity index is 1.86. The number of aliphatic hydroxyl groups is 1. The summed E-state index contributed by atoms with van der Waals surface area (Å²) in [5, 5.41) is 14.8. The molecule has 0 amide bonds. The number of methoxy groups -OCH3 is 2. The van der Waals surface area contributed by atoms with Crippen molar-refractivity contribution in [1.82, 2.24) is 5.32 Å². The third-order valence-corrected chi connectivity index (χ3v) is 6.10. The van der Waals surface area contributed by atoms with Gasteiger partial charge in [-0.1, -0.05) is 30.3 Å². The van der Waals surface area contributed by atoms with Crippen LogP contribution in [0.5, 0.6) is 0 Å². The quantitative estimate of drug-likeness (QED) is 0.640. The van der Waals surface area contributed by atoms with Crippen LogP contribution >= 0.6 is 0 Å². The van der Waals surface area contributed by atoms with E-state index in [1.54, 1.807) is 13.8 Å². The molecular formula is C22H31NO7. The second kappa shape index (κ2) is 8.63. The predicted molar refractivity (Wildman–Crippen MR) is 107 cm³/mol. The van der Waals surface area contributed by atoms with E-state index in [1.165, 1.54) is 14.2 Å². The highest BCUT2D eigenvalue weighted by atomic mass is 16.8. The summed E-state index contributed by atoms with van der Waals surface area (Å²) < 4.78 is 21.8. The zero-order valence-electron chi connectivity index (χ0n) is 18.1. The summed E-state index contributed by atoms with van der Waals surface area (Å²) in [6, 6.07) is 9.58. The Morgan fingerprint density at radius 3 is 2.43 bits per heavy atom. The zero-order chi connectivity index (χ0) is 22.1. The van der Waals surface area contributed by atoms with E-state index < -0.39 is 47.4 Å². The van der Waals surface area contributed by atoms with E-state index in [4.69, 9.17) is 18.9 Å². The van der Waals surface area contributed by atoms with Crippen molar-refractivity contribution in [2.45, 2.75) is 56.8 Å². The second-order valence-electron chi connectivity index (χ2n) is 8.47. The molecule has 1 aromatic rings. The Kier molecular flexibility index (Phi) is 6.52. The second-order valence-corrected chi connectivity index (χ2v) is 8.47. The zero-order valence-corrected chi connectivity index (χ0v) is 18.1. The topological polar surface area (TPSA) is 103 Å². The van der Waals surface area contributed by atoms with Crippen LogP contribution in [-0.4, -0.2) is 61.4 Å². The molecule has 2 fully saturated rings. The van der Waals surface area contributed by atoms with E-state index in [2.05, 4.69) is 5.32 Å². The molecule has 1 aliphatic heterocycles. The molecule has 1 saturated heterocycles. The molecule has 30 heavy (non-hydrogen) atoms. The average Bonchev–Trinajstić information content (AvgIpc) is 3.24. The minimum atomic E-state index is -1.91. The monoisotopic (exact) mass is 421 g/mol. The van der Waals surface area contributed by atoms with Crippen LogP contribution in [0.3, 0.4) is 0 Å². The lowest BCUT2D eigenvalue weighted by Crippen LogP contribution is -2.57. The van der Waals surface area contributed by atoms with Gasteiger partial charge in [0.15, 0.2) is 11.4 Å². The SMILES string of the molecule is COC(=O)[C@@H]1C[C@H]([C@](O)(CN[C@H](C)c2ccccc2)C(=O)OC)[C@H]2OC(C)(C)O[C@H]21. The molecule has 0 radical (unpaired) electrons. The number of nitrogens with one attached hydrogen (secondary N) is 1. The number of carbonyl (C=O) groups is 2. The third-order valence-electron chi connectivity index (χ3n) is 6.10. The molecular weight excluding hydrogens is 390 g/mol. The van der Waals surface area contributed by atoms with E-state index in [9.17, 15) is 14.7 Å². The molecule has 6 atom stereocenters. The maximum Gasteiger partial charge on any atom is 0.339 e. The minimum Gasteiger partial charge on any atom is -0.469 e. The molecule has 8 nitrogen and oxygen atoms in total. The van der Waals surface area contributed by atoms with Crippen molar-refractivity contribution in [3.8, 4) is 0 Å². The normalized spacial score (nSPS) is 30.2. The smallest absolute Gasteiger partial charge is 0.339 e. The Hall–Kier alpha value is -2.00. The van der Waals surface area contributed by atoms with E-state index in [1.807, 2.05) is 37.3 Å². The first-order valence-electron chi connectivity index (χ1n) is 10.2. The maximum absolute atomic E-state index is 12.7. The molecule has 8 heteroatoms. The molecule has 0 spiro atoms. The number of ether oxygens (including phenoxy) is 4. The van der Waals surface area contributed by atoms with Crippen molar-refractivity contribution in [2.75, 3.05) is 20.8 Å². The molecule has 0 aromatic heterocycles. The van der Waals surface area contributed by atoms with E-state index >= 15 is 0 Å². The fourth-order valence-electron chi connectivity index (χ4n) is 4.53. The van der Waals surface area contributed by atoms with Gasteiger partial charge in [0.05, 0.1) is 26.2 Å². The fourth-order valence-corrected chi connectivity index (χ4v) is 4.53. The van der Waals surface area contributed by atoms with E-state index in [0.29, 0.717) is 0 Å². The summed E-state index contributed by atoms with van der Waals surface area (Å²) >= 11 is 0.